The molecule has 108 valence electrons. The van der Waals surface area contributed by atoms with Crippen molar-refractivity contribution in [1.82, 2.24) is 0 Å². The standard InChI is InChI=1S/C15H30O3/c1-4-6-7-8-9-10-11-12-13-17-15(5-2)18-14(3)16/h15H,4-13H2,1-3H3. The zero-order valence-electron chi connectivity index (χ0n) is 12.4. The Bertz CT molecular complexity index is 192. The molecular weight excluding hydrogens is 228 g/mol. The normalized spacial score (nSPS) is 12.4. The average Bonchev–Trinajstić information content (AvgIpc) is 2.35. The van der Waals surface area contributed by atoms with E-state index < -0.39 is 0 Å². The van der Waals surface area contributed by atoms with E-state index in [4.69, 9.17) is 9.47 Å². The third kappa shape index (κ3) is 11.9. The summed E-state index contributed by atoms with van der Waals surface area (Å²) < 4.78 is 10.5. The van der Waals surface area contributed by atoms with Crippen LogP contribution in [0.2, 0.25) is 0 Å². The third-order valence-corrected chi connectivity index (χ3v) is 2.93. The van der Waals surface area contributed by atoms with E-state index in [0.29, 0.717) is 6.61 Å². The quantitative estimate of drug-likeness (QED) is 0.295. The Morgan fingerprint density at radius 3 is 2.00 bits per heavy atom. The van der Waals surface area contributed by atoms with Gasteiger partial charge in [0.2, 0.25) is 6.29 Å². The first-order chi connectivity index (χ1) is 8.70. The van der Waals surface area contributed by atoms with Gasteiger partial charge in [-0.2, -0.15) is 0 Å². The first-order valence-corrected chi connectivity index (χ1v) is 7.49. The zero-order valence-corrected chi connectivity index (χ0v) is 12.4. The lowest BCUT2D eigenvalue weighted by Crippen LogP contribution is -2.19. The summed E-state index contributed by atoms with van der Waals surface area (Å²) >= 11 is 0. The molecule has 1 unspecified atom stereocenters. The minimum Gasteiger partial charge on any atom is -0.436 e. The van der Waals surface area contributed by atoms with E-state index >= 15 is 0 Å². The fourth-order valence-electron chi connectivity index (χ4n) is 1.87. The largest absolute Gasteiger partial charge is 0.436 e. The van der Waals surface area contributed by atoms with Gasteiger partial charge >= 0.3 is 5.97 Å². The molecule has 0 aliphatic carbocycles. The van der Waals surface area contributed by atoms with E-state index in [9.17, 15) is 4.79 Å². The average molecular weight is 258 g/mol. The van der Waals surface area contributed by atoms with E-state index in [0.717, 1.165) is 12.8 Å². The molecule has 0 aromatic heterocycles. The van der Waals surface area contributed by atoms with Crippen LogP contribution in [-0.4, -0.2) is 18.9 Å². The maximum Gasteiger partial charge on any atom is 0.304 e. The molecule has 0 amide bonds. The van der Waals surface area contributed by atoms with Crippen LogP contribution >= 0.6 is 0 Å². The number of carbonyl (C=O) groups excluding carboxylic acids is 1. The Morgan fingerprint density at radius 2 is 1.50 bits per heavy atom. The smallest absolute Gasteiger partial charge is 0.304 e. The summed E-state index contributed by atoms with van der Waals surface area (Å²) in [5.74, 6) is -0.266. The zero-order chi connectivity index (χ0) is 13.6. The van der Waals surface area contributed by atoms with E-state index in [1.54, 1.807) is 0 Å². The number of hydrogen-bond donors (Lipinski definition) is 0. The summed E-state index contributed by atoms with van der Waals surface area (Å²) in [6.07, 6.45) is 10.7. The van der Waals surface area contributed by atoms with E-state index in [1.807, 2.05) is 6.92 Å². The second-order valence-corrected chi connectivity index (χ2v) is 4.79. The fourth-order valence-corrected chi connectivity index (χ4v) is 1.87. The highest BCUT2D eigenvalue weighted by molar-refractivity contribution is 5.66. The number of hydrogen-bond acceptors (Lipinski definition) is 3. The van der Waals surface area contributed by atoms with Gasteiger partial charge in [0.25, 0.3) is 0 Å². The molecule has 0 bridgehead atoms. The molecule has 0 saturated heterocycles. The molecule has 0 N–H and O–H groups in total. The minimum absolute atomic E-state index is 0.266. The first kappa shape index (κ1) is 17.4. The fraction of sp³-hybridized carbons (Fsp3) is 0.933. The molecule has 0 aromatic carbocycles. The molecule has 0 saturated carbocycles. The molecule has 0 radical (unpaired) electrons. The lowest BCUT2D eigenvalue weighted by molar-refractivity contribution is -0.176. The summed E-state index contributed by atoms with van der Waals surface area (Å²) in [5, 5.41) is 0. The molecular formula is C15H30O3. The Morgan fingerprint density at radius 1 is 0.944 bits per heavy atom. The van der Waals surface area contributed by atoms with Gasteiger partial charge < -0.3 is 9.47 Å². The van der Waals surface area contributed by atoms with Crippen LogP contribution in [0.15, 0.2) is 0 Å². The predicted octanol–water partition coefficient (Wildman–Crippen LogP) is 4.44. The van der Waals surface area contributed by atoms with Gasteiger partial charge in [0.05, 0.1) is 6.61 Å². The van der Waals surface area contributed by atoms with Crippen molar-refractivity contribution in [2.24, 2.45) is 0 Å². The lowest BCUT2D eigenvalue weighted by Gasteiger charge is -2.15. The Balaban J connectivity index is 3.25. The van der Waals surface area contributed by atoms with Crippen LogP contribution in [0.25, 0.3) is 0 Å². The second kappa shape index (κ2) is 12.9. The van der Waals surface area contributed by atoms with E-state index in [2.05, 4.69) is 6.92 Å². The lowest BCUT2D eigenvalue weighted by atomic mass is 10.1. The van der Waals surface area contributed by atoms with Gasteiger partial charge in [-0.25, -0.2) is 0 Å². The highest BCUT2D eigenvalue weighted by atomic mass is 16.7. The molecule has 0 aliphatic heterocycles. The SMILES string of the molecule is CCCCCCCCCCOC(CC)OC(C)=O. The Kier molecular flexibility index (Phi) is 12.5. The van der Waals surface area contributed by atoms with E-state index in [-0.39, 0.29) is 12.3 Å². The highest BCUT2D eigenvalue weighted by Gasteiger charge is 2.08. The summed E-state index contributed by atoms with van der Waals surface area (Å²) in [7, 11) is 0. The van der Waals surface area contributed by atoms with Crippen molar-refractivity contribution >= 4 is 5.97 Å². The van der Waals surface area contributed by atoms with Crippen LogP contribution < -0.4 is 0 Å². The van der Waals surface area contributed by atoms with Crippen molar-refractivity contribution in [3.05, 3.63) is 0 Å². The maximum absolute atomic E-state index is 10.8. The van der Waals surface area contributed by atoms with Crippen molar-refractivity contribution in [2.45, 2.75) is 84.8 Å². The molecule has 0 fully saturated rings. The van der Waals surface area contributed by atoms with Crippen LogP contribution in [-0.2, 0) is 14.3 Å². The van der Waals surface area contributed by atoms with Crippen LogP contribution in [0.3, 0.4) is 0 Å². The monoisotopic (exact) mass is 258 g/mol. The molecule has 0 heterocycles. The first-order valence-electron chi connectivity index (χ1n) is 7.49. The maximum atomic E-state index is 10.8. The minimum atomic E-state index is -0.355. The van der Waals surface area contributed by atoms with Gasteiger partial charge in [0.15, 0.2) is 0 Å². The van der Waals surface area contributed by atoms with Crippen molar-refractivity contribution < 1.29 is 14.3 Å². The second-order valence-electron chi connectivity index (χ2n) is 4.79. The van der Waals surface area contributed by atoms with Gasteiger partial charge in [-0.3, -0.25) is 4.79 Å². The number of rotatable bonds is 12. The molecule has 3 heteroatoms. The summed E-state index contributed by atoms with van der Waals surface area (Å²) in [5.41, 5.74) is 0. The van der Waals surface area contributed by atoms with Gasteiger partial charge in [-0.05, 0) is 6.42 Å². The van der Waals surface area contributed by atoms with Crippen molar-refractivity contribution in [2.75, 3.05) is 6.61 Å². The topological polar surface area (TPSA) is 35.5 Å². The Hall–Kier alpha value is -0.570. The molecule has 18 heavy (non-hydrogen) atoms. The summed E-state index contributed by atoms with van der Waals surface area (Å²) in [6.45, 7) is 6.31. The van der Waals surface area contributed by atoms with Crippen molar-refractivity contribution in [3.8, 4) is 0 Å². The predicted molar refractivity (Wildman–Crippen MR) is 74.4 cm³/mol. The van der Waals surface area contributed by atoms with Crippen LogP contribution in [0, 0.1) is 0 Å². The summed E-state index contributed by atoms with van der Waals surface area (Å²) in [6, 6.07) is 0. The molecule has 3 nitrogen and oxygen atoms in total. The van der Waals surface area contributed by atoms with Gasteiger partial charge in [-0.15, -0.1) is 0 Å². The van der Waals surface area contributed by atoms with Crippen molar-refractivity contribution in [3.63, 3.8) is 0 Å². The molecule has 0 aliphatic rings. The number of unbranched alkanes of at least 4 members (excludes halogenated alkanes) is 7. The van der Waals surface area contributed by atoms with E-state index in [1.165, 1.54) is 51.9 Å². The van der Waals surface area contributed by atoms with Crippen molar-refractivity contribution in [1.29, 1.82) is 0 Å². The van der Waals surface area contributed by atoms with Crippen LogP contribution in [0.4, 0.5) is 0 Å². The molecule has 0 aromatic rings. The van der Waals surface area contributed by atoms with Gasteiger partial charge in [-0.1, -0.05) is 58.8 Å². The Labute approximate surface area is 112 Å². The van der Waals surface area contributed by atoms with Crippen LogP contribution in [0.5, 0.6) is 0 Å². The molecule has 1 atom stereocenters. The highest BCUT2D eigenvalue weighted by Crippen LogP contribution is 2.09. The summed E-state index contributed by atoms with van der Waals surface area (Å²) in [4.78, 5) is 10.8. The third-order valence-electron chi connectivity index (χ3n) is 2.93. The molecule has 0 rings (SSSR count). The molecule has 0 spiro atoms. The number of ether oxygens (including phenoxy) is 2. The number of esters is 1. The van der Waals surface area contributed by atoms with Gasteiger partial charge in [0, 0.05) is 13.3 Å². The van der Waals surface area contributed by atoms with Crippen LogP contribution in [0.1, 0.15) is 78.6 Å². The number of carbonyl (C=O) groups is 1. The van der Waals surface area contributed by atoms with Gasteiger partial charge in [0.1, 0.15) is 0 Å².